The van der Waals surface area contributed by atoms with E-state index in [9.17, 15) is 0 Å². The first-order valence-electron chi connectivity index (χ1n) is 5.06. The molecule has 0 aliphatic heterocycles. The van der Waals surface area contributed by atoms with Gasteiger partial charge in [-0.3, -0.25) is 0 Å². The van der Waals surface area contributed by atoms with E-state index in [1.807, 2.05) is 0 Å². The first-order valence-corrected chi connectivity index (χ1v) is 15.0. The SMILES string of the molecule is [CH3][Sn]([CH3])([CH3])[C]12CC3CC1C2C3. The van der Waals surface area contributed by atoms with E-state index in [1.165, 1.54) is 17.8 Å². The van der Waals surface area contributed by atoms with Gasteiger partial charge in [-0.05, 0) is 0 Å². The zero-order valence-corrected chi connectivity index (χ0v) is 10.7. The summed E-state index contributed by atoms with van der Waals surface area (Å²) in [5, 5.41) is 0. The summed E-state index contributed by atoms with van der Waals surface area (Å²) in [7, 11) is 0. The van der Waals surface area contributed by atoms with Crippen molar-refractivity contribution in [3.8, 4) is 0 Å². The van der Waals surface area contributed by atoms with Crippen molar-refractivity contribution < 1.29 is 0 Å². The van der Waals surface area contributed by atoms with Gasteiger partial charge in [-0.2, -0.15) is 0 Å². The Kier molecular flexibility index (Phi) is 1.11. The van der Waals surface area contributed by atoms with Crippen molar-refractivity contribution in [1.29, 1.82) is 0 Å². The Hall–Kier alpha value is 0.799. The van der Waals surface area contributed by atoms with Gasteiger partial charge in [-0.25, -0.2) is 0 Å². The molecule has 4 aliphatic rings. The number of rotatable bonds is 1. The normalized spacial score (nSPS) is 58.6. The summed E-state index contributed by atoms with van der Waals surface area (Å²) < 4.78 is 1.04. The van der Waals surface area contributed by atoms with Crippen LogP contribution in [0.3, 0.4) is 0 Å². The standard InChI is InChI=1S/C7H9.3CH3.Sn/c1-4-2-6-5(1)7(6)3-4;;;;/h4-6H,1-3H2;3*1H3;. The van der Waals surface area contributed by atoms with Crippen LogP contribution in [0, 0.1) is 17.8 Å². The third-order valence-electron chi connectivity index (χ3n) is 4.90. The molecule has 0 nitrogen and oxygen atoms in total. The second kappa shape index (κ2) is 1.69. The third kappa shape index (κ3) is 0.617. The van der Waals surface area contributed by atoms with Gasteiger partial charge in [0.1, 0.15) is 0 Å². The van der Waals surface area contributed by atoms with Crippen molar-refractivity contribution in [1.82, 2.24) is 0 Å². The number of hydrogen-bond donors (Lipinski definition) is 0. The van der Waals surface area contributed by atoms with Crippen molar-refractivity contribution in [2.45, 2.75) is 37.5 Å². The molecule has 0 spiro atoms. The quantitative estimate of drug-likeness (QED) is 0.633. The van der Waals surface area contributed by atoms with E-state index in [0.29, 0.717) is 0 Å². The van der Waals surface area contributed by atoms with Gasteiger partial charge in [-0.1, -0.05) is 0 Å². The Balaban J connectivity index is 2.01. The average molecular weight is 257 g/mol. The maximum atomic E-state index is 2.66. The molecule has 4 fully saturated rings. The number of hydrogen-bond acceptors (Lipinski definition) is 0. The second-order valence-corrected chi connectivity index (χ2v) is 21.5. The molecule has 0 N–H and O–H groups in total. The van der Waals surface area contributed by atoms with Crippen LogP contribution in [0.1, 0.15) is 19.3 Å². The predicted molar refractivity (Wildman–Crippen MR) is 50.4 cm³/mol. The van der Waals surface area contributed by atoms with Gasteiger partial charge in [0.15, 0.2) is 0 Å². The Labute approximate surface area is 73.6 Å². The van der Waals surface area contributed by atoms with Crippen LogP contribution in [0.25, 0.3) is 0 Å². The molecule has 0 saturated heterocycles. The van der Waals surface area contributed by atoms with E-state index in [0.717, 1.165) is 3.43 Å². The van der Waals surface area contributed by atoms with Crippen LogP contribution in [-0.4, -0.2) is 18.4 Å². The summed E-state index contributed by atoms with van der Waals surface area (Å²) in [5.74, 6) is 3.70. The summed E-state index contributed by atoms with van der Waals surface area (Å²) in [6.07, 6.45) is 4.94. The van der Waals surface area contributed by atoms with E-state index >= 15 is 0 Å². The molecule has 11 heavy (non-hydrogen) atoms. The summed E-state index contributed by atoms with van der Waals surface area (Å²) in [6.45, 7) is 0. The van der Waals surface area contributed by atoms with Crippen molar-refractivity contribution in [2.24, 2.45) is 17.8 Å². The van der Waals surface area contributed by atoms with Crippen molar-refractivity contribution >= 4 is 18.4 Å². The van der Waals surface area contributed by atoms with Crippen LogP contribution < -0.4 is 0 Å². The molecule has 2 unspecified atom stereocenters. The minimum atomic E-state index is -1.51. The molecule has 0 radical (unpaired) electrons. The molecule has 2 atom stereocenters. The van der Waals surface area contributed by atoms with E-state index in [1.54, 1.807) is 19.3 Å². The Morgan fingerprint density at radius 2 is 1.64 bits per heavy atom. The third-order valence-corrected chi connectivity index (χ3v) is 15.6. The maximum absolute atomic E-state index is 2.66. The molecular weight excluding hydrogens is 239 g/mol. The topological polar surface area (TPSA) is 0 Å². The molecule has 0 aromatic carbocycles. The fourth-order valence-corrected chi connectivity index (χ4v) is 15.0. The molecule has 0 heterocycles. The van der Waals surface area contributed by atoms with Crippen LogP contribution in [0.15, 0.2) is 0 Å². The van der Waals surface area contributed by atoms with Gasteiger partial charge in [0, 0.05) is 0 Å². The molecule has 1 heteroatoms. The molecule has 4 saturated carbocycles. The zero-order chi connectivity index (χ0) is 7.85. The monoisotopic (exact) mass is 258 g/mol. The van der Waals surface area contributed by atoms with Crippen LogP contribution in [0.4, 0.5) is 0 Å². The predicted octanol–water partition coefficient (Wildman–Crippen LogP) is 3.12. The second-order valence-electron chi connectivity index (χ2n) is 6.04. The fraction of sp³-hybridized carbons (Fsp3) is 1.00. The minimum absolute atomic E-state index is 1.04. The summed E-state index contributed by atoms with van der Waals surface area (Å²) in [5.41, 5.74) is 0. The van der Waals surface area contributed by atoms with Crippen molar-refractivity contribution in [2.75, 3.05) is 0 Å². The fourth-order valence-electron chi connectivity index (χ4n) is 4.53. The molecule has 0 amide bonds. The summed E-state index contributed by atoms with van der Waals surface area (Å²) in [4.78, 5) is 7.99. The van der Waals surface area contributed by atoms with Gasteiger partial charge in [0.25, 0.3) is 0 Å². The van der Waals surface area contributed by atoms with Gasteiger partial charge in [-0.15, -0.1) is 0 Å². The van der Waals surface area contributed by atoms with Crippen LogP contribution in [0.2, 0.25) is 18.2 Å². The first-order chi connectivity index (χ1) is 5.06. The summed E-state index contributed by atoms with van der Waals surface area (Å²) >= 11 is -1.51. The molecule has 0 aromatic heterocycles. The zero-order valence-electron chi connectivity index (χ0n) is 7.85. The molecular formula is C10H18Sn. The Bertz CT molecular complexity index is 201. The van der Waals surface area contributed by atoms with Gasteiger partial charge < -0.3 is 0 Å². The van der Waals surface area contributed by atoms with Gasteiger partial charge in [0.05, 0.1) is 0 Å². The van der Waals surface area contributed by atoms with Crippen LogP contribution >= 0.6 is 0 Å². The van der Waals surface area contributed by atoms with E-state index < -0.39 is 18.4 Å². The molecule has 4 aliphatic carbocycles. The Morgan fingerprint density at radius 3 is 1.82 bits per heavy atom. The van der Waals surface area contributed by atoms with E-state index in [4.69, 9.17) is 0 Å². The summed E-state index contributed by atoms with van der Waals surface area (Å²) in [6, 6.07) is 0. The van der Waals surface area contributed by atoms with E-state index in [2.05, 4.69) is 14.8 Å². The first kappa shape index (κ1) is 7.23. The molecule has 62 valence electrons. The molecule has 4 bridgehead atoms. The molecule has 0 aromatic rings. The molecule has 4 rings (SSSR count). The van der Waals surface area contributed by atoms with Crippen molar-refractivity contribution in [3.63, 3.8) is 0 Å². The van der Waals surface area contributed by atoms with Crippen molar-refractivity contribution in [3.05, 3.63) is 0 Å². The van der Waals surface area contributed by atoms with Crippen LogP contribution in [-0.2, 0) is 0 Å². The van der Waals surface area contributed by atoms with Crippen LogP contribution in [0.5, 0.6) is 0 Å². The average Bonchev–Trinajstić information content (AvgIpc) is 2.39. The van der Waals surface area contributed by atoms with E-state index in [-0.39, 0.29) is 0 Å². The van der Waals surface area contributed by atoms with Gasteiger partial charge in [0.2, 0.25) is 0 Å². The van der Waals surface area contributed by atoms with Gasteiger partial charge >= 0.3 is 73.6 Å². The Morgan fingerprint density at radius 1 is 1.09 bits per heavy atom.